The quantitative estimate of drug-likeness (QED) is 0.688. The summed E-state index contributed by atoms with van der Waals surface area (Å²) < 4.78 is 3.19. The molecule has 7 heteroatoms. The lowest BCUT2D eigenvalue weighted by molar-refractivity contribution is 0.0130. The van der Waals surface area contributed by atoms with Gasteiger partial charge in [-0.15, -0.1) is 0 Å². The monoisotopic (exact) mass is 244 g/mol. The summed E-state index contributed by atoms with van der Waals surface area (Å²) in [6.07, 6.45) is 2.77. The second-order valence-electron chi connectivity index (χ2n) is 2.37. The molecule has 2 N–H and O–H groups in total. The van der Waals surface area contributed by atoms with Crippen LogP contribution in [0, 0.1) is 0 Å². The summed E-state index contributed by atoms with van der Waals surface area (Å²) in [4.78, 5) is 11.0. The zero-order chi connectivity index (χ0) is 10.1. The van der Waals surface area contributed by atoms with Gasteiger partial charge in [0.25, 0.3) is 0 Å². The number of hydrogen-bond acceptors (Lipinski definition) is 2. The van der Waals surface area contributed by atoms with Gasteiger partial charge in [-0.25, -0.2) is 4.79 Å². The molecule has 0 aliphatic carbocycles. The second-order valence-corrected chi connectivity index (χ2v) is 4.65. The highest BCUT2D eigenvalue weighted by molar-refractivity contribution is 6.68. The number of hydrogen-bond donors (Lipinski definition) is 2. The van der Waals surface area contributed by atoms with Crippen molar-refractivity contribution in [1.29, 1.82) is 0 Å². The van der Waals surface area contributed by atoms with E-state index in [0.717, 1.165) is 0 Å². The lowest BCUT2D eigenvalue weighted by Crippen LogP contribution is -2.61. The van der Waals surface area contributed by atoms with Crippen LogP contribution in [-0.2, 0) is 4.74 Å². The third-order valence-corrected chi connectivity index (χ3v) is 2.42. The van der Waals surface area contributed by atoms with Crippen molar-refractivity contribution in [2.75, 3.05) is 7.11 Å². The highest BCUT2D eigenvalue weighted by Crippen LogP contribution is 2.40. The first-order chi connectivity index (χ1) is 5.91. The highest BCUT2D eigenvalue weighted by atomic mass is 35.6. The number of nitrogens with one attached hydrogen (secondary N) is 2. The number of carbonyl (C=O) groups excluding carboxylic acids is 1. The summed E-state index contributed by atoms with van der Waals surface area (Å²) in [6, 6.07) is -0.490. The molecule has 0 spiro atoms. The van der Waals surface area contributed by atoms with Gasteiger partial charge in [0.05, 0.1) is 0 Å². The number of methoxy groups -OCH3 is 1. The summed E-state index contributed by atoms with van der Waals surface area (Å²) >= 11 is 16.9. The van der Waals surface area contributed by atoms with Crippen LogP contribution in [-0.4, -0.2) is 22.7 Å². The molecule has 13 heavy (non-hydrogen) atoms. The SMILES string of the molecule is COC1(C(Cl)(Cl)Cl)C=CNC(=O)N1. The fourth-order valence-corrected chi connectivity index (χ4v) is 1.44. The Hall–Kier alpha value is -0.160. The second kappa shape index (κ2) is 3.53. The number of urea groups is 1. The normalized spacial score (nSPS) is 28.2. The lowest BCUT2D eigenvalue weighted by Gasteiger charge is -2.37. The summed E-state index contributed by atoms with van der Waals surface area (Å²) in [5.41, 5.74) is -1.42. The molecule has 0 aromatic rings. The van der Waals surface area contributed by atoms with Gasteiger partial charge in [0.15, 0.2) is 0 Å². The van der Waals surface area contributed by atoms with Crippen molar-refractivity contribution < 1.29 is 9.53 Å². The number of alkyl halides is 3. The van der Waals surface area contributed by atoms with E-state index in [1.54, 1.807) is 0 Å². The molecule has 0 aromatic heterocycles. The summed E-state index contributed by atoms with van der Waals surface area (Å²) in [6.45, 7) is 0. The Labute approximate surface area is 90.2 Å². The van der Waals surface area contributed by atoms with E-state index in [1.165, 1.54) is 19.4 Å². The number of ether oxygens (including phenoxy) is 1. The average molecular weight is 245 g/mol. The minimum Gasteiger partial charge on any atom is -0.351 e. The van der Waals surface area contributed by atoms with Crippen LogP contribution in [0.5, 0.6) is 0 Å². The molecule has 4 nitrogen and oxygen atoms in total. The van der Waals surface area contributed by atoms with Crippen molar-refractivity contribution in [1.82, 2.24) is 10.6 Å². The van der Waals surface area contributed by atoms with Gasteiger partial charge < -0.3 is 15.4 Å². The lowest BCUT2D eigenvalue weighted by atomic mass is 10.2. The Balaban J connectivity index is 3.00. The molecule has 1 atom stereocenters. The molecule has 0 radical (unpaired) electrons. The van der Waals surface area contributed by atoms with E-state index >= 15 is 0 Å². The predicted octanol–water partition coefficient (Wildman–Crippen LogP) is 1.53. The van der Waals surface area contributed by atoms with Gasteiger partial charge in [0, 0.05) is 13.3 Å². The van der Waals surface area contributed by atoms with Crippen LogP contribution in [0.1, 0.15) is 0 Å². The zero-order valence-electron chi connectivity index (χ0n) is 6.61. The Kier molecular flexibility index (Phi) is 2.97. The summed E-state index contributed by atoms with van der Waals surface area (Å²) in [7, 11) is 1.33. The fourth-order valence-electron chi connectivity index (χ4n) is 0.881. The molecule has 2 amide bonds. The Morgan fingerprint density at radius 1 is 1.54 bits per heavy atom. The minimum atomic E-state index is -1.77. The molecular formula is C6H7Cl3N2O2. The molecular weight excluding hydrogens is 238 g/mol. The van der Waals surface area contributed by atoms with Crippen molar-refractivity contribution in [2.24, 2.45) is 0 Å². The molecule has 74 valence electrons. The van der Waals surface area contributed by atoms with E-state index in [9.17, 15) is 4.79 Å². The molecule has 1 rings (SSSR count). The third-order valence-electron chi connectivity index (χ3n) is 1.57. The molecule has 0 saturated heterocycles. The van der Waals surface area contributed by atoms with E-state index in [1.807, 2.05) is 0 Å². The van der Waals surface area contributed by atoms with Crippen molar-refractivity contribution in [3.8, 4) is 0 Å². The largest absolute Gasteiger partial charge is 0.351 e. The van der Waals surface area contributed by atoms with Crippen LogP contribution >= 0.6 is 34.8 Å². The van der Waals surface area contributed by atoms with Gasteiger partial charge in [-0.3, -0.25) is 0 Å². The van der Waals surface area contributed by atoms with Crippen LogP contribution in [0.3, 0.4) is 0 Å². The van der Waals surface area contributed by atoms with Crippen LogP contribution in [0.15, 0.2) is 12.3 Å². The van der Waals surface area contributed by atoms with Crippen LogP contribution < -0.4 is 10.6 Å². The molecule has 1 heterocycles. The molecule has 1 aliphatic rings. The maximum absolute atomic E-state index is 11.0. The summed E-state index contributed by atoms with van der Waals surface area (Å²) in [5, 5.41) is 4.72. The molecule has 0 bridgehead atoms. The summed E-state index contributed by atoms with van der Waals surface area (Å²) in [5.74, 6) is 0. The van der Waals surface area contributed by atoms with Crippen LogP contribution in [0.2, 0.25) is 0 Å². The highest BCUT2D eigenvalue weighted by Gasteiger charge is 2.49. The Bertz CT molecular complexity index is 251. The minimum absolute atomic E-state index is 0.490. The van der Waals surface area contributed by atoms with Crippen LogP contribution in [0.4, 0.5) is 4.79 Å². The van der Waals surface area contributed by atoms with E-state index < -0.39 is 15.5 Å². The van der Waals surface area contributed by atoms with E-state index in [2.05, 4.69) is 10.6 Å². The van der Waals surface area contributed by atoms with Crippen molar-refractivity contribution >= 4 is 40.8 Å². The van der Waals surface area contributed by atoms with Crippen LogP contribution in [0.25, 0.3) is 0 Å². The van der Waals surface area contributed by atoms with E-state index in [4.69, 9.17) is 39.5 Å². The number of rotatable bonds is 1. The first kappa shape index (κ1) is 10.9. The Morgan fingerprint density at radius 2 is 2.15 bits per heavy atom. The van der Waals surface area contributed by atoms with Crippen molar-refractivity contribution in [2.45, 2.75) is 9.52 Å². The number of carbonyl (C=O) groups is 1. The van der Waals surface area contributed by atoms with Gasteiger partial charge in [0.2, 0.25) is 9.52 Å². The molecule has 0 saturated carbocycles. The van der Waals surface area contributed by atoms with Gasteiger partial charge in [-0.1, -0.05) is 34.8 Å². The fraction of sp³-hybridized carbons (Fsp3) is 0.500. The number of amides is 2. The van der Waals surface area contributed by atoms with E-state index in [0.29, 0.717) is 0 Å². The molecule has 1 aliphatic heterocycles. The van der Waals surface area contributed by atoms with Gasteiger partial charge in [-0.2, -0.15) is 0 Å². The topological polar surface area (TPSA) is 50.4 Å². The zero-order valence-corrected chi connectivity index (χ0v) is 8.87. The predicted molar refractivity (Wildman–Crippen MR) is 50.8 cm³/mol. The smallest absolute Gasteiger partial charge is 0.321 e. The molecule has 1 unspecified atom stereocenters. The van der Waals surface area contributed by atoms with Crippen molar-refractivity contribution in [3.63, 3.8) is 0 Å². The van der Waals surface area contributed by atoms with Crippen molar-refractivity contribution in [3.05, 3.63) is 12.3 Å². The van der Waals surface area contributed by atoms with Gasteiger partial charge in [-0.05, 0) is 6.08 Å². The maximum Gasteiger partial charge on any atom is 0.321 e. The first-order valence-corrected chi connectivity index (χ1v) is 4.43. The first-order valence-electron chi connectivity index (χ1n) is 3.29. The third kappa shape index (κ3) is 2.02. The molecule has 0 fully saturated rings. The van der Waals surface area contributed by atoms with E-state index in [-0.39, 0.29) is 0 Å². The average Bonchev–Trinajstić information content (AvgIpc) is 2.02. The van der Waals surface area contributed by atoms with Gasteiger partial charge in [0.1, 0.15) is 0 Å². The standard InChI is InChI=1S/C6H7Cl3N2O2/c1-13-5(6(7,8)9)2-3-10-4(12)11-5/h2-3H,1H3,(H2,10,11,12). The number of halogens is 3. The molecule has 0 aromatic carbocycles. The maximum atomic E-state index is 11.0. The Morgan fingerprint density at radius 3 is 2.46 bits per heavy atom. The van der Waals surface area contributed by atoms with Gasteiger partial charge >= 0.3 is 6.03 Å².